The van der Waals surface area contributed by atoms with Crippen molar-refractivity contribution in [3.63, 3.8) is 0 Å². The molecule has 0 aromatic heterocycles. The number of hydrogen-bond acceptors (Lipinski definition) is 7. The quantitative estimate of drug-likeness (QED) is 0.338. The Morgan fingerprint density at radius 1 is 1.38 bits per heavy atom. The van der Waals surface area contributed by atoms with Crippen molar-refractivity contribution in [3.8, 4) is 0 Å². The van der Waals surface area contributed by atoms with Gasteiger partial charge in [-0.15, -0.1) is 0 Å². The Labute approximate surface area is 136 Å². The molecule has 0 radical (unpaired) electrons. The fraction of sp³-hybridized carbons (Fsp3) is 0.333. The molecule has 126 valence electrons. The lowest BCUT2D eigenvalue weighted by Gasteiger charge is -2.18. The smallest absolute Gasteiger partial charge is 0.326 e. The lowest BCUT2D eigenvalue weighted by atomic mass is 10.0. The van der Waals surface area contributed by atoms with Gasteiger partial charge in [0.15, 0.2) is 11.7 Å². The molecule has 1 atom stereocenters. The molecule has 1 aliphatic rings. The number of nitro benzene ring substituents is 1. The van der Waals surface area contributed by atoms with Gasteiger partial charge in [-0.3, -0.25) is 34.2 Å². The van der Waals surface area contributed by atoms with E-state index in [1.807, 2.05) is 0 Å². The summed E-state index contributed by atoms with van der Waals surface area (Å²) in [6, 6.07) is 3.65. The number of carbonyl (C=O) groups excluding carboxylic acids is 4. The van der Waals surface area contributed by atoms with E-state index in [0.717, 1.165) is 17.9 Å². The zero-order valence-electron chi connectivity index (χ0n) is 13.0. The highest BCUT2D eigenvalue weighted by molar-refractivity contribution is 6.21. The Morgan fingerprint density at radius 2 is 2.04 bits per heavy atom. The molecular weight excluding hydrogens is 320 g/mol. The van der Waals surface area contributed by atoms with Gasteiger partial charge in [-0.1, -0.05) is 0 Å². The normalized spacial score (nSPS) is 14.1. The molecule has 0 N–H and O–H groups in total. The molecule has 1 heterocycles. The second-order valence-corrected chi connectivity index (χ2v) is 5.12. The van der Waals surface area contributed by atoms with Crippen LogP contribution >= 0.6 is 0 Å². The number of rotatable bonds is 5. The number of Topliss-reactive ketones (excluding diaryl/α,β-unsaturated/α-hetero) is 1. The summed E-state index contributed by atoms with van der Waals surface area (Å²) in [5.41, 5.74) is 0.124. The third-order valence-corrected chi connectivity index (χ3v) is 3.55. The number of fused-ring (bicyclic) bond motifs is 1. The first-order valence-corrected chi connectivity index (χ1v) is 7.08. The highest BCUT2D eigenvalue weighted by Gasteiger charge is 2.42. The molecule has 0 fully saturated rings. The molecule has 0 spiro atoms. The summed E-state index contributed by atoms with van der Waals surface area (Å²) in [5, 5.41) is 10.8. The first-order valence-electron chi connectivity index (χ1n) is 7.08. The maximum atomic E-state index is 12.5. The van der Waals surface area contributed by atoms with Crippen LogP contribution in [-0.4, -0.2) is 40.0 Å². The minimum absolute atomic E-state index is 0.00344. The second kappa shape index (κ2) is 6.57. The Kier molecular flexibility index (Phi) is 4.72. The van der Waals surface area contributed by atoms with Gasteiger partial charge in [-0.2, -0.15) is 0 Å². The van der Waals surface area contributed by atoms with Gasteiger partial charge in [0, 0.05) is 12.1 Å². The summed E-state index contributed by atoms with van der Waals surface area (Å²) in [4.78, 5) is 59.1. The van der Waals surface area contributed by atoms with Crippen LogP contribution in [0.5, 0.6) is 0 Å². The van der Waals surface area contributed by atoms with Crippen molar-refractivity contribution in [3.05, 3.63) is 39.4 Å². The SMILES string of the molecule is CCOC(=O)C(C(C)=O)C(=O)N1Cc2ccc([N+](=O)[O-])cc2C1=O. The van der Waals surface area contributed by atoms with Crippen molar-refractivity contribution in [2.75, 3.05) is 6.61 Å². The van der Waals surface area contributed by atoms with Crippen molar-refractivity contribution in [2.24, 2.45) is 5.92 Å². The van der Waals surface area contributed by atoms with Crippen molar-refractivity contribution < 1.29 is 28.8 Å². The van der Waals surface area contributed by atoms with E-state index in [1.54, 1.807) is 0 Å². The molecular formula is C15H14N2O7. The fourth-order valence-electron chi connectivity index (χ4n) is 2.40. The molecule has 1 aromatic rings. The van der Waals surface area contributed by atoms with Crippen LogP contribution in [0.25, 0.3) is 0 Å². The van der Waals surface area contributed by atoms with Crippen LogP contribution in [0.1, 0.15) is 29.8 Å². The van der Waals surface area contributed by atoms with Crippen molar-refractivity contribution in [1.29, 1.82) is 0 Å². The highest BCUT2D eigenvalue weighted by Crippen LogP contribution is 2.28. The second-order valence-electron chi connectivity index (χ2n) is 5.12. The summed E-state index contributed by atoms with van der Waals surface area (Å²) in [6.07, 6.45) is 0. The zero-order chi connectivity index (χ0) is 18.0. The summed E-state index contributed by atoms with van der Waals surface area (Å²) in [6.45, 7) is 2.40. The molecule has 0 bridgehead atoms. The minimum Gasteiger partial charge on any atom is -0.465 e. The number of amides is 2. The topological polar surface area (TPSA) is 124 Å². The number of imide groups is 1. The van der Waals surface area contributed by atoms with Crippen LogP contribution in [-0.2, 0) is 25.7 Å². The van der Waals surface area contributed by atoms with Crippen LogP contribution in [0, 0.1) is 16.0 Å². The van der Waals surface area contributed by atoms with Gasteiger partial charge in [0.05, 0.1) is 23.6 Å². The number of benzene rings is 1. The molecule has 2 rings (SSSR count). The molecule has 2 amide bonds. The molecule has 1 unspecified atom stereocenters. The van der Waals surface area contributed by atoms with Gasteiger partial charge in [0.1, 0.15) is 0 Å². The van der Waals surface area contributed by atoms with Crippen molar-refractivity contribution >= 4 is 29.3 Å². The third kappa shape index (κ3) is 3.00. The number of carbonyl (C=O) groups is 4. The summed E-state index contributed by atoms with van der Waals surface area (Å²) in [7, 11) is 0. The molecule has 0 saturated heterocycles. The van der Waals surface area contributed by atoms with Crippen LogP contribution in [0.15, 0.2) is 18.2 Å². The number of esters is 1. The van der Waals surface area contributed by atoms with E-state index >= 15 is 0 Å². The zero-order valence-corrected chi connectivity index (χ0v) is 13.0. The average molecular weight is 334 g/mol. The standard InChI is InChI=1S/C15H14N2O7/c1-3-24-15(21)12(8(2)18)14(20)16-7-9-4-5-10(17(22)23)6-11(9)13(16)19/h4-6,12H,3,7H2,1-2H3. The van der Waals surface area contributed by atoms with Gasteiger partial charge in [0.25, 0.3) is 17.5 Å². The van der Waals surface area contributed by atoms with Gasteiger partial charge in [-0.25, -0.2) is 0 Å². The number of hydrogen-bond donors (Lipinski definition) is 0. The molecule has 0 saturated carbocycles. The van der Waals surface area contributed by atoms with E-state index in [1.165, 1.54) is 19.1 Å². The Bertz CT molecular complexity index is 756. The maximum absolute atomic E-state index is 12.5. The lowest BCUT2D eigenvalue weighted by molar-refractivity contribution is -0.384. The van der Waals surface area contributed by atoms with Crippen LogP contribution in [0.2, 0.25) is 0 Å². The average Bonchev–Trinajstić information content (AvgIpc) is 2.83. The van der Waals surface area contributed by atoms with Gasteiger partial charge < -0.3 is 4.74 Å². The van der Waals surface area contributed by atoms with E-state index in [0.29, 0.717) is 5.56 Å². The molecule has 0 aliphatic carbocycles. The number of non-ortho nitro benzene ring substituents is 1. The lowest BCUT2D eigenvalue weighted by Crippen LogP contribution is -2.43. The highest BCUT2D eigenvalue weighted by atomic mass is 16.6. The largest absolute Gasteiger partial charge is 0.465 e. The van der Waals surface area contributed by atoms with Crippen LogP contribution < -0.4 is 0 Å². The van der Waals surface area contributed by atoms with Gasteiger partial charge in [-0.05, 0) is 25.5 Å². The predicted octanol–water partition coefficient (Wildman–Crippen LogP) is 0.846. The Morgan fingerprint density at radius 3 is 2.58 bits per heavy atom. The van der Waals surface area contributed by atoms with Crippen LogP contribution in [0.3, 0.4) is 0 Å². The number of nitrogens with zero attached hydrogens (tertiary/aromatic N) is 2. The molecule has 9 heteroatoms. The van der Waals surface area contributed by atoms with E-state index in [9.17, 15) is 29.3 Å². The maximum Gasteiger partial charge on any atom is 0.326 e. The van der Waals surface area contributed by atoms with Gasteiger partial charge >= 0.3 is 5.97 Å². The summed E-state index contributed by atoms with van der Waals surface area (Å²) < 4.78 is 4.70. The number of ketones is 1. The van der Waals surface area contributed by atoms with E-state index in [4.69, 9.17) is 4.74 Å². The first-order chi connectivity index (χ1) is 11.3. The monoisotopic (exact) mass is 334 g/mol. The van der Waals surface area contributed by atoms with E-state index in [-0.39, 0.29) is 24.4 Å². The molecule has 9 nitrogen and oxygen atoms in total. The van der Waals surface area contributed by atoms with Crippen molar-refractivity contribution in [1.82, 2.24) is 4.90 Å². The fourth-order valence-corrected chi connectivity index (χ4v) is 2.40. The Hall–Kier alpha value is -3.10. The van der Waals surface area contributed by atoms with Gasteiger partial charge in [0.2, 0.25) is 0 Å². The Balaban J connectivity index is 2.31. The predicted molar refractivity (Wildman–Crippen MR) is 78.8 cm³/mol. The minimum atomic E-state index is -1.72. The van der Waals surface area contributed by atoms with E-state index < -0.39 is 34.4 Å². The number of ether oxygens (including phenoxy) is 1. The number of nitro groups is 1. The summed E-state index contributed by atoms with van der Waals surface area (Å²) in [5.74, 6) is -5.27. The van der Waals surface area contributed by atoms with Crippen molar-refractivity contribution in [2.45, 2.75) is 20.4 Å². The van der Waals surface area contributed by atoms with Crippen LogP contribution in [0.4, 0.5) is 5.69 Å². The molecule has 1 aliphatic heterocycles. The first kappa shape index (κ1) is 17.3. The third-order valence-electron chi connectivity index (χ3n) is 3.55. The molecule has 24 heavy (non-hydrogen) atoms. The summed E-state index contributed by atoms with van der Waals surface area (Å²) >= 11 is 0. The van der Waals surface area contributed by atoms with E-state index in [2.05, 4.69) is 0 Å². The molecule has 1 aromatic carbocycles.